The molecule has 0 aliphatic carbocycles. The summed E-state index contributed by atoms with van der Waals surface area (Å²) in [6, 6.07) is 3.89. The van der Waals surface area contributed by atoms with Gasteiger partial charge in [0.2, 0.25) is 5.89 Å². The molecule has 1 N–H and O–H groups in total. The largest absolute Gasteiger partial charge is 0.418 e. The smallest absolute Gasteiger partial charge is 0.257 e. The van der Waals surface area contributed by atoms with Crippen LogP contribution in [0.3, 0.4) is 0 Å². The van der Waals surface area contributed by atoms with E-state index in [4.69, 9.17) is 4.42 Å². The van der Waals surface area contributed by atoms with E-state index in [1.54, 1.807) is 16.0 Å². The minimum atomic E-state index is 0.415. The van der Waals surface area contributed by atoms with Gasteiger partial charge in [-0.1, -0.05) is 12.1 Å². The van der Waals surface area contributed by atoms with Crippen LogP contribution in [0, 0.1) is 0 Å². The molecule has 0 saturated carbocycles. The van der Waals surface area contributed by atoms with Gasteiger partial charge in [-0.2, -0.15) is 0 Å². The average molecular weight is 369 g/mol. The summed E-state index contributed by atoms with van der Waals surface area (Å²) in [5, 5.41) is 19.4. The summed E-state index contributed by atoms with van der Waals surface area (Å²) in [7, 11) is 0. The molecular formula is C12H13BrN6OS. The van der Waals surface area contributed by atoms with Crippen LogP contribution < -0.4 is 5.32 Å². The van der Waals surface area contributed by atoms with Crippen LogP contribution in [0.2, 0.25) is 0 Å². The van der Waals surface area contributed by atoms with Crippen LogP contribution in [0.5, 0.6) is 0 Å². The third kappa shape index (κ3) is 3.55. The summed E-state index contributed by atoms with van der Waals surface area (Å²) in [6.07, 6.45) is 1.87. The second kappa shape index (κ2) is 6.46. The van der Waals surface area contributed by atoms with Gasteiger partial charge in [0, 0.05) is 6.54 Å². The number of hydrogen-bond donors (Lipinski definition) is 1. The average Bonchev–Trinajstić information content (AvgIpc) is 3.18. The normalized spacial score (nSPS) is 11.1. The van der Waals surface area contributed by atoms with Gasteiger partial charge < -0.3 is 9.73 Å². The number of aromatic nitrogens is 5. The van der Waals surface area contributed by atoms with Gasteiger partial charge in [0.25, 0.3) is 5.89 Å². The summed E-state index contributed by atoms with van der Waals surface area (Å²) in [5.41, 5.74) is 0.888. The zero-order chi connectivity index (χ0) is 14.7. The van der Waals surface area contributed by atoms with Crippen LogP contribution in [-0.2, 0) is 13.1 Å². The molecule has 9 heteroatoms. The molecule has 0 atom stereocenters. The van der Waals surface area contributed by atoms with E-state index < -0.39 is 0 Å². The Morgan fingerprint density at radius 2 is 2.24 bits per heavy atom. The van der Waals surface area contributed by atoms with Gasteiger partial charge in [0.05, 0.1) is 20.6 Å². The molecule has 0 saturated heterocycles. The van der Waals surface area contributed by atoms with Crippen LogP contribution in [0.1, 0.15) is 18.5 Å². The van der Waals surface area contributed by atoms with E-state index >= 15 is 0 Å². The summed E-state index contributed by atoms with van der Waals surface area (Å²) in [6.45, 7) is 4.07. The number of rotatable bonds is 6. The topological polar surface area (TPSA) is 81.7 Å². The fraction of sp³-hybridized carbons (Fsp3) is 0.333. The molecule has 0 radical (unpaired) electrons. The molecule has 0 spiro atoms. The maximum atomic E-state index is 5.64. The highest BCUT2D eigenvalue weighted by molar-refractivity contribution is 9.11. The lowest BCUT2D eigenvalue weighted by Gasteiger charge is -1.95. The molecule has 0 aliphatic rings. The second-order valence-electron chi connectivity index (χ2n) is 4.29. The molecule has 0 aliphatic heterocycles. The van der Waals surface area contributed by atoms with E-state index in [1.807, 2.05) is 25.3 Å². The molecule has 3 heterocycles. The SMILES string of the molecule is CCNCc1cn(Cc2nnc(-c3ccc(Br)s3)o2)nn1. The zero-order valence-corrected chi connectivity index (χ0v) is 13.7. The molecule has 0 unspecified atom stereocenters. The van der Waals surface area contributed by atoms with Gasteiger partial charge >= 0.3 is 0 Å². The number of nitrogens with one attached hydrogen (secondary N) is 1. The summed E-state index contributed by atoms with van der Waals surface area (Å²) < 4.78 is 8.36. The Balaban J connectivity index is 1.68. The quantitative estimate of drug-likeness (QED) is 0.718. The predicted molar refractivity (Wildman–Crippen MR) is 81.8 cm³/mol. The summed E-state index contributed by atoms with van der Waals surface area (Å²) in [4.78, 5) is 0.937. The van der Waals surface area contributed by atoms with Crippen LogP contribution in [0.15, 0.2) is 26.5 Å². The molecule has 3 rings (SSSR count). The zero-order valence-electron chi connectivity index (χ0n) is 11.3. The van der Waals surface area contributed by atoms with Crippen molar-refractivity contribution in [1.29, 1.82) is 0 Å². The molecule has 0 fully saturated rings. The van der Waals surface area contributed by atoms with Crippen molar-refractivity contribution in [1.82, 2.24) is 30.5 Å². The minimum Gasteiger partial charge on any atom is -0.418 e. The van der Waals surface area contributed by atoms with Gasteiger partial charge in [-0.05, 0) is 34.6 Å². The van der Waals surface area contributed by atoms with Crippen molar-refractivity contribution in [2.45, 2.75) is 20.0 Å². The molecule has 0 bridgehead atoms. The first-order chi connectivity index (χ1) is 10.2. The minimum absolute atomic E-state index is 0.415. The Morgan fingerprint density at radius 1 is 1.33 bits per heavy atom. The number of halogens is 1. The van der Waals surface area contributed by atoms with Crippen LogP contribution in [0.25, 0.3) is 10.8 Å². The van der Waals surface area contributed by atoms with Crippen LogP contribution >= 0.6 is 27.3 Å². The molecular weight excluding hydrogens is 356 g/mol. The third-order valence-corrected chi connectivity index (χ3v) is 4.30. The molecule has 7 nitrogen and oxygen atoms in total. The van der Waals surface area contributed by atoms with Crippen molar-refractivity contribution in [3.63, 3.8) is 0 Å². The lowest BCUT2D eigenvalue weighted by molar-refractivity contribution is 0.470. The van der Waals surface area contributed by atoms with Crippen molar-refractivity contribution in [3.05, 3.63) is 33.7 Å². The van der Waals surface area contributed by atoms with E-state index in [0.717, 1.165) is 20.9 Å². The number of hydrogen-bond acceptors (Lipinski definition) is 7. The van der Waals surface area contributed by atoms with Crippen molar-refractivity contribution in [3.8, 4) is 10.8 Å². The number of thiophene rings is 1. The predicted octanol–water partition coefficient (Wildman–Crippen LogP) is 2.31. The van der Waals surface area contributed by atoms with Gasteiger partial charge in [-0.25, -0.2) is 4.68 Å². The van der Waals surface area contributed by atoms with Gasteiger partial charge in [-0.15, -0.1) is 26.6 Å². The summed E-state index contributed by atoms with van der Waals surface area (Å²) in [5.74, 6) is 1.03. The van der Waals surface area contributed by atoms with Gasteiger partial charge in [0.1, 0.15) is 6.54 Å². The highest BCUT2D eigenvalue weighted by Crippen LogP contribution is 2.30. The van der Waals surface area contributed by atoms with Gasteiger partial charge in [0.15, 0.2) is 0 Å². The van der Waals surface area contributed by atoms with E-state index in [0.29, 0.717) is 24.9 Å². The van der Waals surface area contributed by atoms with Crippen molar-refractivity contribution < 1.29 is 4.42 Å². The van der Waals surface area contributed by atoms with Crippen LogP contribution in [-0.4, -0.2) is 31.7 Å². The Labute approximate surface area is 133 Å². The maximum Gasteiger partial charge on any atom is 0.257 e. The fourth-order valence-corrected chi connectivity index (χ4v) is 3.04. The van der Waals surface area contributed by atoms with Crippen molar-refractivity contribution in [2.75, 3.05) is 6.54 Å². The molecule has 0 amide bonds. The molecule has 3 aromatic rings. The lowest BCUT2D eigenvalue weighted by atomic mass is 10.4. The standard InChI is InChI=1S/C12H13BrN6OS/c1-2-14-5-8-6-19(18-15-8)7-11-16-17-12(20-11)9-3-4-10(13)21-9/h3-4,6,14H,2,5,7H2,1H3. The van der Waals surface area contributed by atoms with Crippen LogP contribution in [0.4, 0.5) is 0 Å². The Hall–Kier alpha value is -1.58. The van der Waals surface area contributed by atoms with E-state index in [1.165, 1.54) is 0 Å². The Morgan fingerprint density at radius 3 is 3.00 bits per heavy atom. The molecule has 0 aromatic carbocycles. The first-order valence-electron chi connectivity index (χ1n) is 6.42. The third-order valence-electron chi connectivity index (χ3n) is 2.69. The first-order valence-corrected chi connectivity index (χ1v) is 8.03. The maximum absolute atomic E-state index is 5.64. The monoisotopic (exact) mass is 368 g/mol. The van der Waals surface area contributed by atoms with E-state index in [9.17, 15) is 0 Å². The number of nitrogens with zero attached hydrogens (tertiary/aromatic N) is 5. The highest BCUT2D eigenvalue weighted by Gasteiger charge is 2.11. The Bertz CT molecular complexity index is 721. The van der Waals surface area contributed by atoms with Crippen molar-refractivity contribution in [2.24, 2.45) is 0 Å². The fourth-order valence-electron chi connectivity index (χ4n) is 1.73. The molecule has 21 heavy (non-hydrogen) atoms. The Kier molecular flexibility index (Phi) is 4.42. The second-order valence-corrected chi connectivity index (χ2v) is 6.76. The first kappa shape index (κ1) is 14.4. The van der Waals surface area contributed by atoms with Gasteiger partial charge in [-0.3, -0.25) is 0 Å². The van der Waals surface area contributed by atoms with Crippen molar-refractivity contribution >= 4 is 27.3 Å². The molecule has 3 aromatic heterocycles. The highest BCUT2D eigenvalue weighted by atomic mass is 79.9. The van der Waals surface area contributed by atoms with E-state index in [-0.39, 0.29) is 0 Å². The van der Waals surface area contributed by atoms with E-state index in [2.05, 4.69) is 41.8 Å². The molecule has 110 valence electrons. The lowest BCUT2D eigenvalue weighted by Crippen LogP contribution is -2.11. The summed E-state index contributed by atoms with van der Waals surface area (Å²) >= 11 is 4.96.